The van der Waals surface area contributed by atoms with Crippen LogP contribution in [0.5, 0.6) is 0 Å². The standard InChI is InChI=1S/C13H19Cl2N3O4/c1-13(2,3)22-12(21)17-8(10(19)20)6-4-5-7-9(14)18-11(15)16-7/h8H,4-6H2,1-3H3,(H,16,18)(H,17,21)(H,19,20). The normalized spacial score (nSPS) is 12.8. The number of amides is 1. The Balaban J connectivity index is 2.49. The molecule has 0 aliphatic carbocycles. The van der Waals surface area contributed by atoms with E-state index in [4.69, 9.17) is 33.0 Å². The monoisotopic (exact) mass is 351 g/mol. The van der Waals surface area contributed by atoms with Gasteiger partial charge in [-0.2, -0.15) is 0 Å². The highest BCUT2D eigenvalue weighted by Gasteiger charge is 2.23. The lowest BCUT2D eigenvalue weighted by atomic mass is 10.1. The van der Waals surface area contributed by atoms with Gasteiger partial charge in [0, 0.05) is 0 Å². The SMILES string of the molecule is CC(C)(C)OC(=O)NC(CCCc1[nH]c(Cl)nc1Cl)C(=O)O. The van der Waals surface area contributed by atoms with Crippen molar-refractivity contribution in [2.45, 2.75) is 51.7 Å². The van der Waals surface area contributed by atoms with Crippen LogP contribution in [0.2, 0.25) is 10.4 Å². The van der Waals surface area contributed by atoms with E-state index in [1.165, 1.54) is 0 Å². The van der Waals surface area contributed by atoms with Gasteiger partial charge < -0.3 is 20.1 Å². The van der Waals surface area contributed by atoms with Crippen molar-refractivity contribution in [3.8, 4) is 0 Å². The molecule has 1 amide bonds. The van der Waals surface area contributed by atoms with Gasteiger partial charge in [-0.15, -0.1) is 0 Å². The summed E-state index contributed by atoms with van der Waals surface area (Å²) < 4.78 is 5.04. The van der Waals surface area contributed by atoms with Gasteiger partial charge in [-0.1, -0.05) is 11.6 Å². The topological polar surface area (TPSA) is 104 Å². The number of halogens is 2. The fourth-order valence-electron chi connectivity index (χ4n) is 1.71. The summed E-state index contributed by atoms with van der Waals surface area (Å²) in [6.45, 7) is 5.10. The van der Waals surface area contributed by atoms with E-state index in [0.717, 1.165) is 0 Å². The molecule has 0 radical (unpaired) electrons. The Kier molecular flexibility index (Phi) is 6.49. The van der Waals surface area contributed by atoms with Crippen LogP contribution in [-0.2, 0) is 16.0 Å². The summed E-state index contributed by atoms with van der Waals surface area (Å²) in [7, 11) is 0. The molecule has 1 atom stereocenters. The predicted octanol–water partition coefficient (Wildman–Crippen LogP) is 3.02. The molecule has 1 unspecified atom stereocenters. The number of alkyl carbamates (subject to hydrolysis) is 1. The number of H-pyrrole nitrogens is 1. The lowest BCUT2D eigenvalue weighted by Gasteiger charge is -2.22. The molecular weight excluding hydrogens is 333 g/mol. The summed E-state index contributed by atoms with van der Waals surface area (Å²) >= 11 is 11.5. The lowest BCUT2D eigenvalue weighted by Crippen LogP contribution is -2.43. The number of aromatic nitrogens is 2. The number of ether oxygens (including phenoxy) is 1. The molecule has 3 N–H and O–H groups in total. The molecule has 0 saturated carbocycles. The smallest absolute Gasteiger partial charge is 0.408 e. The fourth-order valence-corrected chi connectivity index (χ4v) is 2.18. The highest BCUT2D eigenvalue weighted by Crippen LogP contribution is 2.18. The molecule has 1 aromatic heterocycles. The second kappa shape index (κ2) is 7.69. The van der Waals surface area contributed by atoms with E-state index in [-0.39, 0.29) is 16.9 Å². The minimum atomic E-state index is -1.13. The molecule has 0 aliphatic rings. The molecule has 0 spiro atoms. The van der Waals surface area contributed by atoms with E-state index in [1.807, 2.05) is 0 Å². The average molecular weight is 352 g/mol. The van der Waals surface area contributed by atoms with Crippen molar-refractivity contribution in [1.29, 1.82) is 0 Å². The third kappa shape index (κ3) is 6.53. The Morgan fingerprint density at radius 3 is 2.50 bits per heavy atom. The Hall–Kier alpha value is -1.47. The van der Waals surface area contributed by atoms with Gasteiger partial charge in [0.25, 0.3) is 0 Å². The van der Waals surface area contributed by atoms with Crippen molar-refractivity contribution in [1.82, 2.24) is 15.3 Å². The molecule has 0 fully saturated rings. The van der Waals surface area contributed by atoms with E-state index >= 15 is 0 Å². The molecule has 0 aliphatic heterocycles. The second-order valence-electron chi connectivity index (χ2n) is 5.73. The first-order valence-electron chi connectivity index (χ1n) is 6.70. The number of aromatic amines is 1. The average Bonchev–Trinajstić information content (AvgIpc) is 2.64. The highest BCUT2D eigenvalue weighted by atomic mass is 35.5. The number of hydrogen-bond acceptors (Lipinski definition) is 4. The molecule has 9 heteroatoms. The largest absolute Gasteiger partial charge is 0.480 e. The summed E-state index contributed by atoms with van der Waals surface area (Å²) in [5.41, 5.74) is -0.0547. The Bertz CT molecular complexity index is 540. The Labute approximate surface area is 138 Å². The van der Waals surface area contributed by atoms with E-state index in [1.54, 1.807) is 20.8 Å². The van der Waals surface area contributed by atoms with Crippen LogP contribution in [0.3, 0.4) is 0 Å². The summed E-state index contributed by atoms with van der Waals surface area (Å²) in [5, 5.41) is 11.9. The number of rotatable bonds is 6. The van der Waals surface area contributed by atoms with Crippen LogP contribution in [0, 0.1) is 0 Å². The van der Waals surface area contributed by atoms with E-state index in [0.29, 0.717) is 18.5 Å². The zero-order chi connectivity index (χ0) is 16.9. The number of aryl methyl sites for hydroxylation is 1. The lowest BCUT2D eigenvalue weighted by molar-refractivity contribution is -0.139. The summed E-state index contributed by atoms with van der Waals surface area (Å²) in [6.07, 6.45) is 0.410. The van der Waals surface area contributed by atoms with Crippen molar-refractivity contribution in [2.24, 2.45) is 0 Å². The number of aliphatic carboxylic acids is 1. The van der Waals surface area contributed by atoms with E-state index < -0.39 is 23.7 Å². The van der Waals surface area contributed by atoms with Crippen LogP contribution >= 0.6 is 23.2 Å². The van der Waals surface area contributed by atoms with Gasteiger partial charge >= 0.3 is 12.1 Å². The second-order valence-corrected chi connectivity index (χ2v) is 6.44. The third-order valence-electron chi connectivity index (χ3n) is 2.61. The van der Waals surface area contributed by atoms with Crippen LogP contribution in [0.1, 0.15) is 39.3 Å². The quantitative estimate of drug-likeness (QED) is 0.730. The first kappa shape index (κ1) is 18.6. The Morgan fingerprint density at radius 1 is 1.41 bits per heavy atom. The minimum Gasteiger partial charge on any atom is -0.480 e. The minimum absolute atomic E-state index is 0.182. The van der Waals surface area contributed by atoms with E-state index in [9.17, 15) is 9.59 Å². The van der Waals surface area contributed by atoms with Gasteiger partial charge in [0.2, 0.25) is 5.28 Å². The maximum atomic E-state index is 11.6. The molecule has 1 aromatic rings. The zero-order valence-corrected chi connectivity index (χ0v) is 14.1. The van der Waals surface area contributed by atoms with Gasteiger partial charge in [-0.3, -0.25) is 0 Å². The highest BCUT2D eigenvalue weighted by molar-refractivity contribution is 6.32. The Morgan fingerprint density at radius 2 is 2.05 bits per heavy atom. The molecule has 0 saturated heterocycles. The van der Waals surface area contributed by atoms with Gasteiger partial charge in [0.15, 0.2) is 5.15 Å². The molecule has 1 rings (SSSR count). The van der Waals surface area contributed by atoms with E-state index in [2.05, 4.69) is 15.3 Å². The zero-order valence-electron chi connectivity index (χ0n) is 12.6. The van der Waals surface area contributed by atoms with Crippen molar-refractivity contribution in [2.75, 3.05) is 0 Å². The number of hydrogen-bond donors (Lipinski definition) is 3. The number of imidazole rings is 1. The van der Waals surface area contributed by atoms with Crippen LogP contribution in [0.15, 0.2) is 0 Å². The molecule has 0 bridgehead atoms. The molecule has 7 nitrogen and oxygen atoms in total. The van der Waals surface area contributed by atoms with Crippen LogP contribution < -0.4 is 5.32 Å². The van der Waals surface area contributed by atoms with Crippen molar-refractivity contribution >= 4 is 35.3 Å². The number of carbonyl (C=O) groups excluding carboxylic acids is 1. The summed E-state index contributed by atoms with van der Waals surface area (Å²) in [5.74, 6) is -1.13. The maximum Gasteiger partial charge on any atom is 0.408 e. The predicted molar refractivity (Wildman–Crippen MR) is 82.3 cm³/mol. The van der Waals surface area contributed by atoms with Gasteiger partial charge in [0.05, 0.1) is 5.69 Å². The first-order valence-corrected chi connectivity index (χ1v) is 7.46. The molecule has 124 valence electrons. The molecule has 1 heterocycles. The maximum absolute atomic E-state index is 11.6. The van der Waals surface area contributed by atoms with Crippen LogP contribution in [0.25, 0.3) is 0 Å². The van der Waals surface area contributed by atoms with Crippen molar-refractivity contribution in [3.05, 3.63) is 16.1 Å². The number of nitrogens with one attached hydrogen (secondary N) is 2. The fraction of sp³-hybridized carbons (Fsp3) is 0.615. The van der Waals surface area contributed by atoms with Gasteiger partial charge in [0.1, 0.15) is 11.6 Å². The van der Waals surface area contributed by atoms with Gasteiger partial charge in [-0.25, -0.2) is 14.6 Å². The number of carboxylic acid groups (broad SMARTS) is 1. The van der Waals surface area contributed by atoms with Crippen LogP contribution in [0.4, 0.5) is 4.79 Å². The summed E-state index contributed by atoms with van der Waals surface area (Å²) in [6, 6.07) is -1.04. The third-order valence-corrected chi connectivity index (χ3v) is 3.10. The van der Waals surface area contributed by atoms with Crippen molar-refractivity contribution < 1.29 is 19.4 Å². The van der Waals surface area contributed by atoms with Crippen LogP contribution in [-0.4, -0.2) is 38.8 Å². The summed E-state index contributed by atoms with van der Waals surface area (Å²) in [4.78, 5) is 29.4. The molecular formula is C13H19Cl2N3O4. The first-order chi connectivity index (χ1) is 10.1. The molecule has 22 heavy (non-hydrogen) atoms. The number of carboxylic acids is 1. The number of nitrogens with zero attached hydrogens (tertiary/aromatic N) is 1. The van der Waals surface area contributed by atoms with Gasteiger partial charge in [-0.05, 0) is 51.6 Å². The molecule has 0 aromatic carbocycles. The van der Waals surface area contributed by atoms with Crippen molar-refractivity contribution in [3.63, 3.8) is 0 Å². The number of carbonyl (C=O) groups is 2.